The van der Waals surface area contributed by atoms with E-state index in [2.05, 4.69) is 36.9 Å². The number of carbonyl (C=O) groups excluding carboxylic acids is 2. The van der Waals surface area contributed by atoms with Gasteiger partial charge >= 0.3 is 0 Å². The van der Waals surface area contributed by atoms with E-state index in [9.17, 15) is 9.59 Å². The largest absolute Gasteiger partial charge is 0.493 e. The molecule has 0 saturated heterocycles. The Labute approximate surface area is 187 Å². The van der Waals surface area contributed by atoms with Gasteiger partial charge in [-0.05, 0) is 59.1 Å². The Morgan fingerprint density at radius 1 is 0.935 bits per heavy atom. The number of hydrogen-bond acceptors (Lipinski definition) is 5. The van der Waals surface area contributed by atoms with E-state index in [0.717, 1.165) is 11.1 Å². The first-order valence-electron chi connectivity index (χ1n) is 9.56. The van der Waals surface area contributed by atoms with E-state index in [0.29, 0.717) is 17.1 Å². The first kappa shape index (κ1) is 23.9. The third kappa shape index (κ3) is 7.11. The van der Waals surface area contributed by atoms with Crippen molar-refractivity contribution in [3.63, 3.8) is 0 Å². The van der Waals surface area contributed by atoms with Gasteiger partial charge in [-0.1, -0.05) is 39.0 Å². The maximum Gasteiger partial charge on any atom is 0.269 e. The molecule has 0 bridgehead atoms. The molecule has 0 fully saturated rings. The van der Waals surface area contributed by atoms with Crippen LogP contribution < -0.4 is 25.6 Å². The zero-order chi connectivity index (χ0) is 23.0. The van der Waals surface area contributed by atoms with E-state index in [1.54, 1.807) is 43.5 Å². The second-order valence-electron chi connectivity index (χ2n) is 7.67. The third-order valence-electron chi connectivity index (χ3n) is 4.37. The van der Waals surface area contributed by atoms with Gasteiger partial charge in [-0.3, -0.25) is 25.8 Å². The molecule has 0 aliphatic rings. The molecule has 2 aromatic rings. The fraction of sp³-hybridized carbons (Fsp3) is 0.261. The molecule has 0 radical (unpaired) electrons. The summed E-state index contributed by atoms with van der Waals surface area (Å²) in [7, 11) is 3.09. The predicted molar refractivity (Wildman–Crippen MR) is 125 cm³/mol. The van der Waals surface area contributed by atoms with Crippen molar-refractivity contribution in [2.45, 2.75) is 26.2 Å². The topological polar surface area (TPSA) is 88.7 Å². The van der Waals surface area contributed by atoms with Crippen LogP contribution in [0.3, 0.4) is 0 Å². The zero-order valence-corrected chi connectivity index (χ0v) is 19.1. The molecule has 8 heteroatoms. The maximum atomic E-state index is 12.2. The number of carbonyl (C=O) groups is 2. The number of benzene rings is 2. The quantitative estimate of drug-likeness (QED) is 0.375. The fourth-order valence-electron chi connectivity index (χ4n) is 2.62. The lowest BCUT2D eigenvalue weighted by atomic mass is 9.87. The van der Waals surface area contributed by atoms with E-state index in [4.69, 9.17) is 21.7 Å². The summed E-state index contributed by atoms with van der Waals surface area (Å²) in [4.78, 5) is 24.3. The van der Waals surface area contributed by atoms with Gasteiger partial charge < -0.3 is 9.47 Å². The minimum atomic E-state index is -0.448. The van der Waals surface area contributed by atoms with Crippen molar-refractivity contribution in [1.82, 2.24) is 16.2 Å². The summed E-state index contributed by atoms with van der Waals surface area (Å²) < 4.78 is 10.4. The lowest BCUT2D eigenvalue weighted by molar-refractivity contribution is -0.115. The van der Waals surface area contributed by atoms with Crippen LogP contribution in [0.1, 0.15) is 42.3 Å². The average Bonchev–Trinajstić information content (AvgIpc) is 2.75. The Hall–Kier alpha value is -3.39. The second kappa shape index (κ2) is 10.6. The van der Waals surface area contributed by atoms with Crippen LogP contribution in [0, 0.1) is 0 Å². The van der Waals surface area contributed by atoms with Gasteiger partial charge in [0.05, 0.1) is 14.2 Å². The number of amides is 2. The summed E-state index contributed by atoms with van der Waals surface area (Å²) in [6, 6.07) is 12.6. The Kier molecular flexibility index (Phi) is 8.15. The maximum absolute atomic E-state index is 12.2. The molecule has 164 valence electrons. The molecule has 0 heterocycles. The number of hydrogen-bond donors (Lipinski definition) is 3. The number of ether oxygens (including phenoxy) is 2. The molecule has 2 rings (SSSR count). The highest BCUT2D eigenvalue weighted by atomic mass is 32.1. The van der Waals surface area contributed by atoms with Gasteiger partial charge in [0.25, 0.3) is 5.91 Å². The second-order valence-corrected chi connectivity index (χ2v) is 8.08. The van der Waals surface area contributed by atoms with Crippen LogP contribution in [-0.2, 0) is 10.2 Å². The molecule has 0 aliphatic heterocycles. The Morgan fingerprint density at radius 2 is 1.58 bits per heavy atom. The van der Waals surface area contributed by atoms with E-state index in [1.807, 2.05) is 12.1 Å². The van der Waals surface area contributed by atoms with Gasteiger partial charge in [0.1, 0.15) is 0 Å². The molecule has 2 amide bonds. The number of hydrazine groups is 1. The summed E-state index contributed by atoms with van der Waals surface area (Å²) in [5.41, 5.74) is 7.34. The van der Waals surface area contributed by atoms with Crippen molar-refractivity contribution in [3.05, 3.63) is 65.2 Å². The highest BCUT2D eigenvalue weighted by Crippen LogP contribution is 2.28. The Morgan fingerprint density at radius 3 is 2.16 bits per heavy atom. The molecule has 0 aromatic heterocycles. The molecule has 0 atom stereocenters. The molecular weight excluding hydrogens is 414 g/mol. The zero-order valence-electron chi connectivity index (χ0n) is 18.2. The summed E-state index contributed by atoms with van der Waals surface area (Å²) in [5.74, 6) is 0.341. The van der Waals surface area contributed by atoms with E-state index >= 15 is 0 Å². The van der Waals surface area contributed by atoms with Crippen molar-refractivity contribution in [2.75, 3.05) is 14.2 Å². The van der Waals surface area contributed by atoms with Crippen molar-refractivity contribution < 1.29 is 19.1 Å². The number of methoxy groups -OCH3 is 2. The summed E-state index contributed by atoms with van der Waals surface area (Å²) >= 11 is 5.04. The van der Waals surface area contributed by atoms with Crippen LogP contribution in [0.5, 0.6) is 11.5 Å². The van der Waals surface area contributed by atoms with E-state index in [1.165, 1.54) is 13.2 Å². The van der Waals surface area contributed by atoms with Gasteiger partial charge in [-0.25, -0.2) is 0 Å². The van der Waals surface area contributed by atoms with Gasteiger partial charge in [0.2, 0.25) is 5.91 Å². The van der Waals surface area contributed by atoms with E-state index < -0.39 is 5.91 Å². The Balaban J connectivity index is 1.86. The van der Waals surface area contributed by atoms with Gasteiger partial charge in [-0.2, -0.15) is 0 Å². The molecule has 31 heavy (non-hydrogen) atoms. The normalized spacial score (nSPS) is 11.0. The van der Waals surface area contributed by atoms with Crippen LogP contribution in [0.25, 0.3) is 6.08 Å². The summed E-state index contributed by atoms with van der Waals surface area (Å²) in [6.45, 7) is 6.30. The molecule has 7 nitrogen and oxygen atoms in total. The predicted octanol–water partition coefficient (Wildman–Crippen LogP) is 3.35. The molecule has 3 N–H and O–H groups in total. The number of rotatable bonds is 5. The first-order valence-corrected chi connectivity index (χ1v) is 9.97. The van der Waals surface area contributed by atoms with Crippen LogP contribution in [0.2, 0.25) is 0 Å². The van der Waals surface area contributed by atoms with Gasteiger partial charge in [0.15, 0.2) is 16.6 Å². The van der Waals surface area contributed by atoms with Crippen molar-refractivity contribution in [1.29, 1.82) is 0 Å². The molecule has 0 unspecified atom stereocenters. The summed E-state index contributed by atoms with van der Waals surface area (Å²) in [5, 5.41) is 2.43. The highest BCUT2D eigenvalue weighted by molar-refractivity contribution is 7.80. The van der Waals surface area contributed by atoms with E-state index in [-0.39, 0.29) is 16.4 Å². The lowest BCUT2D eigenvalue weighted by Gasteiger charge is -2.19. The lowest BCUT2D eigenvalue weighted by Crippen LogP contribution is -2.48. The van der Waals surface area contributed by atoms with Crippen LogP contribution in [-0.4, -0.2) is 31.1 Å². The third-order valence-corrected chi connectivity index (χ3v) is 4.58. The van der Waals surface area contributed by atoms with Crippen LogP contribution in [0.4, 0.5) is 0 Å². The molecule has 2 aromatic carbocycles. The van der Waals surface area contributed by atoms with Crippen molar-refractivity contribution in [2.24, 2.45) is 0 Å². The smallest absolute Gasteiger partial charge is 0.269 e. The van der Waals surface area contributed by atoms with Crippen molar-refractivity contribution >= 4 is 35.2 Å². The SMILES string of the molecule is COc1ccc(C=CC(=O)NC(=S)NNC(=O)c2ccc(C(C)(C)C)cc2)cc1OC. The average molecular weight is 442 g/mol. The monoisotopic (exact) mass is 441 g/mol. The molecule has 0 saturated carbocycles. The Bertz CT molecular complexity index is 979. The molecular formula is C23H27N3O4S. The number of nitrogens with one attached hydrogen (secondary N) is 3. The van der Waals surface area contributed by atoms with Crippen molar-refractivity contribution in [3.8, 4) is 11.5 Å². The summed E-state index contributed by atoms with van der Waals surface area (Å²) in [6.07, 6.45) is 2.93. The number of thiocarbonyl (C=S) groups is 1. The van der Waals surface area contributed by atoms with Crippen LogP contribution in [0.15, 0.2) is 48.5 Å². The van der Waals surface area contributed by atoms with Gasteiger partial charge in [-0.15, -0.1) is 0 Å². The van der Waals surface area contributed by atoms with Gasteiger partial charge in [0, 0.05) is 11.6 Å². The minimum Gasteiger partial charge on any atom is -0.493 e. The van der Waals surface area contributed by atoms with Crippen LogP contribution >= 0.6 is 12.2 Å². The minimum absolute atomic E-state index is 0.00354. The first-order chi connectivity index (χ1) is 14.6. The molecule has 0 aliphatic carbocycles. The highest BCUT2D eigenvalue weighted by Gasteiger charge is 2.14. The fourth-order valence-corrected chi connectivity index (χ4v) is 2.77. The standard InChI is InChI=1S/C23H27N3O4S/c1-23(2,3)17-10-8-16(9-11-17)21(28)25-26-22(31)24-20(27)13-7-15-6-12-18(29-4)19(14-15)30-5/h6-14H,1-5H3,(H,25,28)(H2,24,26,27,31). The molecule has 0 spiro atoms.